The Labute approximate surface area is 108 Å². The summed E-state index contributed by atoms with van der Waals surface area (Å²) in [6.45, 7) is 4.88. The molecule has 0 aromatic heterocycles. The van der Waals surface area contributed by atoms with Crippen LogP contribution in [0.25, 0.3) is 0 Å². The summed E-state index contributed by atoms with van der Waals surface area (Å²) in [6.07, 6.45) is 2.19. The zero-order valence-electron chi connectivity index (χ0n) is 11.3. The number of primary amides is 1. The molecule has 0 aliphatic carbocycles. The van der Waals surface area contributed by atoms with Crippen molar-refractivity contribution < 1.29 is 9.59 Å². The van der Waals surface area contributed by atoms with Crippen LogP contribution in [-0.4, -0.2) is 60.4 Å². The highest BCUT2D eigenvalue weighted by Gasteiger charge is 2.27. The Morgan fingerprint density at radius 2 is 2.17 bits per heavy atom. The first-order valence-corrected chi connectivity index (χ1v) is 6.48. The molecular weight excluding hydrogens is 232 g/mol. The fourth-order valence-corrected chi connectivity index (χ4v) is 2.51. The van der Waals surface area contributed by atoms with Gasteiger partial charge in [0.1, 0.15) is 0 Å². The maximum absolute atomic E-state index is 11.9. The number of nitrogens with zero attached hydrogens (tertiary/aromatic N) is 2. The number of amides is 2. The number of likely N-dealkylation sites (tertiary alicyclic amines) is 1. The zero-order valence-corrected chi connectivity index (χ0v) is 11.3. The van der Waals surface area contributed by atoms with E-state index in [4.69, 9.17) is 11.5 Å². The van der Waals surface area contributed by atoms with Crippen molar-refractivity contribution >= 4 is 11.8 Å². The third-order valence-corrected chi connectivity index (χ3v) is 3.50. The second kappa shape index (κ2) is 6.70. The molecule has 0 radical (unpaired) electrons. The third-order valence-electron chi connectivity index (χ3n) is 3.50. The fraction of sp³-hybridized carbons (Fsp3) is 0.833. The Hall–Kier alpha value is -1.14. The van der Waals surface area contributed by atoms with Gasteiger partial charge in [0.25, 0.3) is 0 Å². The molecule has 1 aliphatic heterocycles. The summed E-state index contributed by atoms with van der Waals surface area (Å²) in [7, 11) is 1.73. The van der Waals surface area contributed by atoms with Crippen molar-refractivity contribution in [3.05, 3.63) is 0 Å². The molecule has 2 unspecified atom stereocenters. The highest BCUT2D eigenvalue weighted by molar-refractivity contribution is 5.87. The molecular formula is C12H24N4O2. The number of carbonyl (C=O) groups is 2. The summed E-state index contributed by atoms with van der Waals surface area (Å²) >= 11 is 0. The SMILES string of the molecule is CCN1CCCC1CN(C)C(=O)C(N)CC(N)=O. The van der Waals surface area contributed by atoms with Crippen molar-refractivity contribution in [2.45, 2.75) is 38.3 Å². The highest BCUT2D eigenvalue weighted by Crippen LogP contribution is 2.17. The van der Waals surface area contributed by atoms with E-state index in [1.165, 1.54) is 6.42 Å². The lowest BCUT2D eigenvalue weighted by molar-refractivity contribution is -0.134. The highest BCUT2D eigenvalue weighted by atomic mass is 16.2. The monoisotopic (exact) mass is 256 g/mol. The van der Waals surface area contributed by atoms with Crippen LogP contribution in [0.4, 0.5) is 0 Å². The maximum atomic E-state index is 11.9. The van der Waals surface area contributed by atoms with E-state index in [0.29, 0.717) is 12.6 Å². The molecule has 0 aromatic rings. The molecule has 6 heteroatoms. The second-order valence-electron chi connectivity index (χ2n) is 4.92. The number of hydrogen-bond donors (Lipinski definition) is 2. The smallest absolute Gasteiger partial charge is 0.239 e. The van der Waals surface area contributed by atoms with Crippen LogP contribution in [0.3, 0.4) is 0 Å². The minimum atomic E-state index is -0.816. The molecule has 1 fully saturated rings. The van der Waals surface area contributed by atoms with Gasteiger partial charge in [-0.05, 0) is 25.9 Å². The maximum Gasteiger partial charge on any atom is 0.239 e. The van der Waals surface area contributed by atoms with Gasteiger partial charge in [-0.1, -0.05) is 6.92 Å². The fourth-order valence-electron chi connectivity index (χ4n) is 2.51. The normalized spacial score (nSPS) is 21.8. The topological polar surface area (TPSA) is 92.7 Å². The van der Waals surface area contributed by atoms with Gasteiger partial charge in [0.2, 0.25) is 11.8 Å². The first-order chi connectivity index (χ1) is 8.45. The summed E-state index contributed by atoms with van der Waals surface area (Å²) in [5.41, 5.74) is 10.7. The molecule has 0 spiro atoms. The molecule has 4 N–H and O–H groups in total. The van der Waals surface area contributed by atoms with Crippen molar-refractivity contribution in [3.63, 3.8) is 0 Å². The lowest BCUT2D eigenvalue weighted by Crippen LogP contribution is -2.48. The molecule has 0 bridgehead atoms. The first kappa shape index (κ1) is 14.9. The standard InChI is InChI=1S/C12H24N4O2/c1-3-16-6-4-5-9(16)8-15(2)12(18)10(13)7-11(14)17/h9-10H,3-8,13H2,1-2H3,(H2,14,17). The third kappa shape index (κ3) is 3.96. The van der Waals surface area contributed by atoms with Gasteiger partial charge in [-0.2, -0.15) is 0 Å². The van der Waals surface area contributed by atoms with Crippen LogP contribution < -0.4 is 11.5 Å². The Bertz CT molecular complexity index is 308. The summed E-state index contributed by atoms with van der Waals surface area (Å²) in [5, 5.41) is 0. The molecule has 104 valence electrons. The molecule has 2 amide bonds. The average Bonchev–Trinajstić information content (AvgIpc) is 2.74. The van der Waals surface area contributed by atoms with E-state index in [1.54, 1.807) is 11.9 Å². The molecule has 0 saturated carbocycles. The molecule has 1 aliphatic rings. The van der Waals surface area contributed by atoms with Crippen molar-refractivity contribution in [1.29, 1.82) is 0 Å². The molecule has 18 heavy (non-hydrogen) atoms. The molecule has 1 rings (SSSR count). The van der Waals surface area contributed by atoms with Gasteiger partial charge in [0, 0.05) is 19.6 Å². The van der Waals surface area contributed by atoms with E-state index in [0.717, 1.165) is 19.5 Å². The minimum Gasteiger partial charge on any atom is -0.370 e. The lowest BCUT2D eigenvalue weighted by Gasteiger charge is -2.29. The molecule has 1 heterocycles. The largest absolute Gasteiger partial charge is 0.370 e. The van der Waals surface area contributed by atoms with E-state index in [2.05, 4.69) is 11.8 Å². The van der Waals surface area contributed by atoms with E-state index < -0.39 is 11.9 Å². The number of rotatable bonds is 6. The number of nitrogens with two attached hydrogens (primary N) is 2. The van der Waals surface area contributed by atoms with E-state index in [1.807, 2.05) is 0 Å². The zero-order chi connectivity index (χ0) is 13.7. The Morgan fingerprint density at radius 3 is 2.72 bits per heavy atom. The van der Waals surface area contributed by atoms with Crippen LogP contribution in [0.15, 0.2) is 0 Å². The molecule has 2 atom stereocenters. The Balaban J connectivity index is 2.46. The van der Waals surface area contributed by atoms with Gasteiger partial charge in [0.05, 0.1) is 12.5 Å². The van der Waals surface area contributed by atoms with Crippen LogP contribution in [0, 0.1) is 0 Å². The summed E-state index contributed by atoms with van der Waals surface area (Å²) in [6, 6.07) is -0.409. The average molecular weight is 256 g/mol. The quantitative estimate of drug-likeness (QED) is 0.646. The molecule has 6 nitrogen and oxygen atoms in total. The van der Waals surface area contributed by atoms with Gasteiger partial charge < -0.3 is 16.4 Å². The van der Waals surface area contributed by atoms with Gasteiger partial charge in [-0.25, -0.2) is 0 Å². The Morgan fingerprint density at radius 1 is 1.50 bits per heavy atom. The van der Waals surface area contributed by atoms with Crippen molar-refractivity contribution in [2.24, 2.45) is 11.5 Å². The predicted octanol–water partition coefficient (Wildman–Crippen LogP) is -0.868. The predicted molar refractivity (Wildman–Crippen MR) is 69.7 cm³/mol. The van der Waals surface area contributed by atoms with E-state index in [-0.39, 0.29) is 12.3 Å². The van der Waals surface area contributed by atoms with Crippen molar-refractivity contribution in [3.8, 4) is 0 Å². The number of hydrogen-bond acceptors (Lipinski definition) is 4. The first-order valence-electron chi connectivity index (χ1n) is 6.48. The van der Waals surface area contributed by atoms with E-state index >= 15 is 0 Å². The van der Waals surface area contributed by atoms with Crippen LogP contribution in [0.5, 0.6) is 0 Å². The summed E-state index contributed by atoms with van der Waals surface area (Å²) < 4.78 is 0. The lowest BCUT2D eigenvalue weighted by atomic mass is 10.1. The number of carbonyl (C=O) groups excluding carboxylic acids is 2. The van der Waals surface area contributed by atoms with Gasteiger partial charge >= 0.3 is 0 Å². The molecule has 0 aromatic carbocycles. The minimum absolute atomic E-state index is 0.0919. The summed E-state index contributed by atoms with van der Waals surface area (Å²) in [5.74, 6) is -0.753. The van der Waals surface area contributed by atoms with Gasteiger partial charge in [-0.15, -0.1) is 0 Å². The van der Waals surface area contributed by atoms with Crippen LogP contribution in [-0.2, 0) is 9.59 Å². The van der Waals surface area contributed by atoms with E-state index in [9.17, 15) is 9.59 Å². The van der Waals surface area contributed by atoms with Gasteiger partial charge in [-0.3, -0.25) is 14.5 Å². The summed E-state index contributed by atoms with van der Waals surface area (Å²) in [4.78, 5) is 26.7. The molecule has 1 saturated heterocycles. The van der Waals surface area contributed by atoms with Crippen molar-refractivity contribution in [1.82, 2.24) is 9.80 Å². The van der Waals surface area contributed by atoms with Crippen LogP contribution in [0.1, 0.15) is 26.2 Å². The van der Waals surface area contributed by atoms with Crippen molar-refractivity contribution in [2.75, 3.05) is 26.7 Å². The number of likely N-dealkylation sites (N-methyl/N-ethyl adjacent to an activating group) is 2. The van der Waals surface area contributed by atoms with Crippen LogP contribution in [0.2, 0.25) is 0 Å². The van der Waals surface area contributed by atoms with Crippen LogP contribution >= 0.6 is 0 Å². The van der Waals surface area contributed by atoms with Gasteiger partial charge in [0.15, 0.2) is 0 Å². The second-order valence-corrected chi connectivity index (χ2v) is 4.92. The Kier molecular flexibility index (Phi) is 5.55.